The Balaban J connectivity index is 1.25. The molecule has 0 radical (unpaired) electrons. The lowest BCUT2D eigenvalue weighted by atomic mass is 9.99. The van der Waals surface area contributed by atoms with Crippen LogP contribution in [0.4, 0.5) is 0 Å². The standard InChI is InChI=1S/C25H41N3O4/c1-21-5-8-26(9-6-21)13-16-32-23-4-3-22(17-24(23)30-2)18-28-10-7-25(29,20-28)19-27-11-14-31-15-12-27/h3-4,17,21,29H,5-16,18-20H2,1-2H3/t25-/m0/s1. The van der Waals surface area contributed by atoms with Crippen LogP contribution in [0.3, 0.4) is 0 Å². The van der Waals surface area contributed by atoms with Crippen molar-refractivity contribution < 1.29 is 19.3 Å². The van der Waals surface area contributed by atoms with Crippen molar-refractivity contribution in [3.8, 4) is 11.5 Å². The van der Waals surface area contributed by atoms with E-state index in [1.54, 1.807) is 7.11 Å². The van der Waals surface area contributed by atoms with E-state index < -0.39 is 5.60 Å². The van der Waals surface area contributed by atoms with Crippen LogP contribution in [0, 0.1) is 5.92 Å². The van der Waals surface area contributed by atoms with Crippen LogP contribution in [0.25, 0.3) is 0 Å². The number of morpholine rings is 1. The van der Waals surface area contributed by atoms with Crippen molar-refractivity contribution in [2.75, 3.05) is 79.3 Å². The third kappa shape index (κ3) is 6.58. The summed E-state index contributed by atoms with van der Waals surface area (Å²) in [4.78, 5) is 7.16. The Bertz CT molecular complexity index is 719. The van der Waals surface area contributed by atoms with Gasteiger partial charge in [0.25, 0.3) is 0 Å². The molecule has 180 valence electrons. The van der Waals surface area contributed by atoms with Gasteiger partial charge in [0.1, 0.15) is 6.61 Å². The van der Waals surface area contributed by atoms with E-state index in [9.17, 15) is 5.11 Å². The lowest BCUT2D eigenvalue weighted by Crippen LogP contribution is -2.48. The second kappa shape index (κ2) is 11.2. The number of benzene rings is 1. The minimum absolute atomic E-state index is 0.628. The summed E-state index contributed by atoms with van der Waals surface area (Å²) in [6.45, 7) is 12.9. The minimum atomic E-state index is -0.628. The van der Waals surface area contributed by atoms with E-state index in [0.29, 0.717) is 13.2 Å². The fraction of sp³-hybridized carbons (Fsp3) is 0.760. The maximum Gasteiger partial charge on any atom is 0.161 e. The highest BCUT2D eigenvalue weighted by molar-refractivity contribution is 5.43. The normalized spacial score (nSPS) is 26.5. The number of β-amino-alcohol motifs (C(OH)–C–C–N with tert-alkyl or cyclic N) is 1. The van der Waals surface area contributed by atoms with Gasteiger partial charge in [-0.1, -0.05) is 13.0 Å². The summed E-state index contributed by atoms with van der Waals surface area (Å²) >= 11 is 0. The summed E-state index contributed by atoms with van der Waals surface area (Å²) < 4.78 is 17.1. The van der Waals surface area contributed by atoms with Crippen LogP contribution in [0.2, 0.25) is 0 Å². The molecule has 3 fully saturated rings. The Morgan fingerprint density at radius 3 is 2.56 bits per heavy atom. The van der Waals surface area contributed by atoms with Gasteiger partial charge in [-0.15, -0.1) is 0 Å². The van der Waals surface area contributed by atoms with E-state index in [-0.39, 0.29) is 0 Å². The van der Waals surface area contributed by atoms with Gasteiger partial charge in [-0.2, -0.15) is 0 Å². The number of likely N-dealkylation sites (tertiary alicyclic amines) is 2. The largest absolute Gasteiger partial charge is 0.493 e. The molecule has 0 aliphatic carbocycles. The molecule has 32 heavy (non-hydrogen) atoms. The van der Waals surface area contributed by atoms with Crippen LogP contribution >= 0.6 is 0 Å². The molecule has 0 unspecified atom stereocenters. The van der Waals surface area contributed by atoms with Crippen LogP contribution < -0.4 is 9.47 Å². The molecule has 1 atom stereocenters. The summed E-state index contributed by atoms with van der Waals surface area (Å²) in [7, 11) is 1.70. The number of methoxy groups -OCH3 is 1. The smallest absolute Gasteiger partial charge is 0.161 e. The molecule has 0 amide bonds. The summed E-state index contributed by atoms with van der Waals surface area (Å²) in [5, 5.41) is 11.1. The number of piperidine rings is 1. The van der Waals surface area contributed by atoms with Gasteiger partial charge in [0.2, 0.25) is 0 Å². The fourth-order valence-corrected chi connectivity index (χ4v) is 5.14. The molecule has 4 rings (SSSR count). The zero-order valence-corrected chi connectivity index (χ0v) is 19.9. The molecule has 0 aromatic heterocycles. The van der Waals surface area contributed by atoms with Gasteiger partial charge in [-0.25, -0.2) is 0 Å². The van der Waals surface area contributed by atoms with Crippen molar-refractivity contribution in [3.05, 3.63) is 23.8 Å². The van der Waals surface area contributed by atoms with Crippen molar-refractivity contribution in [1.82, 2.24) is 14.7 Å². The monoisotopic (exact) mass is 447 g/mol. The van der Waals surface area contributed by atoms with Crippen LogP contribution in [-0.2, 0) is 11.3 Å². The second-order valence-electron chi connectivity index (χ2n) is 9.93. The number of aliphatic hydroxyl groups is 1. The van der Waals surface area contributed by atoms with Crippen LogP contribution in [0.5, 0.6) is 11.5 Å². The molecular weight excluding hydrogens is 406 g/mol. The first kappa shape index (κ1) is 23.8. The van der Waals surface area contributed by atoms with Gasteiger partial charge in [0, 0.05) is 45.8 Å². The second-order valence-corrected chi connectivity index (χ2v) is 9.93. The highest BCUT2D eigenvalue weighted by atomic mass is 16.5. The molecular formula is C25H41N3O4. The molecule has 1 N–H and O–H groups in total. The van der Waals surface area contributed by atoms with Gasteiger partial charge >= 0.3 is 0 Å². The Hall–Kier alpha value is -1.38. The van der Waals surface area contributed by atoms with Gasteiger partial charge in [0.05, 0.1) is 25.9 Å². The number of nitrogens with zero attached hydrogens (tertiary/aromatic N) is 3. The van der Waals surface area contributed by atoms with Crippen LogP contribution in [0.1, 0.15) is 31.7 Å². The van der Waals surface area contributed by atoms with Crippen molar-refractivity contribution in [3.63, 3.8) is 0 Å². The summed E-state index contributed by atoms with van der Waals surface area (Å²) in [6, 6.07) is 6.24. The molecule has 3 aliphatic heterocycles. The lowest BCUT2D eigenvalue weighted by Gasteiger charge is -2.33. The zero-order valence-electron chi connectivity index (χ0n) is 19.9. The van der Waals surface area contributed by atoms with Gasteiger partial charge in [-0.3, -0.25) is 14.7 Å². The molecule has 3 saturated heterocycles. The van der Waals surface area contributed by atoms with Crippen molar-refractivity contribution >= 4 is 0 Å². The number of ether oxygens (including phenoxy) is 3. The molecule has 1 aromatic carbocycles. The van der Waals surface area contributed by atoms with Gasteiger partial charge < -0.3 is 19.3 Å². The maximum atomic E-state index is 11.1. The molecule has 0 saturated carbocycles. The average Bonchev–Trinajstić information content (AvgIpc) is 3.16. The fourth-order valence-electron chi connectivity index (χ4n) is 5.14. The van der Waals surface area contributed by atoms with Crippen molar-refractivity contribution in [2.24, 2.45) is 5.92 Å². The Labute approximate surface area is 193 Å². The topological polar surface area (TPSA) is 57.6 Å². The molecule has 0 spiro atoms. The first-order chi connectivity index (χ1) is 15.5. The Kier molecular flexibility index (Phi) is 8.29. The SMILES string of the molecule is COc1cc(CN2CC[C@](O)(CN3CCOCC3)C2)ccc1OCCN1CCC(C)CC1. The van der Waals surface area contributed by atoms with Gasteiger partial charge in [0.15, 0.2) is 11.5 Å². The van der Waals surface area contributed by atoms with E-state index in [1.807, 2.05) is 6.07 Å². The molecule has 3 aliphatic rings. The average molecular weight is 448 g/mol. The third-order valence-electron chi connectivity index (χ3n) is 7.21. The lowest BCUT2D eigenvalue weighted by molar-refractivity contribution is -0.0266. The zero-order chi connectivity index (χ0) is 22.4. The summed E-state index contributed by atoms with van der Waals surface area (Å²) in [6.07, 6.45) is 3.39. The summed E-state index contributed by atoms with van der Waals surface area (Å²) in [5.41, 5.74) is 0.561. The summed E-state index contributed by atoms with van der Waals surface area (Å²) in [5.74, 6) is 2.45. The van der Waals surface area contributed by atoms with Crippen molar-refractivity contribution in [2.45, 2.75) is 38.3 Å². The maximum absolute atomic E-state index is 11.1. The highest BCUT2D eigenvalue weighted by Crippen LogP contribution is 2.30. The predicted molar refractivity (Wildman–Crippen MR) is 125 cm³/mol. The van der Waals surface area contributed by atoms with Crippen molar-refractivity contribution in [1.29, 1.82) is 0 Å². The molecule has 0 bridgehead atoms. The van der Waals surface area contributed by atoms with E-state index in [0.717, 1.165) is 76.3 Å². The van der Waals surface area contributed by atoms with Crippen LogP contribution in [-0.4, -0.2) is 105 Å². The molecule has 7 nitrogen and oxygen atoms in total. The molecule has 1 aromatic rings. The number of hydrogen-bond acceptors (Lipinski definition) is 7. The first-order valence-corrected chi connectivity index (χ1v) is 12.3. The number of rotatable bonds is 9. The highest BCUT2D eigenvalue weighted by Gasteiger charge is 2.37. The van der Waals surface area contributed by atoms with E-state index in [2.05, 4.69) is 33.8 Å². The van der Waals surface area contributed by atoms with Gasteiger partial charge in [-0.05, 0) is 56.0 Å². The first-order valence-electron chi connectivity index (χ1n) is 12.3. The molecule has 3 heterocycles. The van der Waals surface area contributed by atoms with Crippen LogP contribution in [0.15, 0.2) is 18.2 Å². The predicted octanol–water partition coefficient (Wildman–Crippen LogP) is 2.07. The Morgan fingerprint density at radius 1 is 1.03 bits per heavy atom. The third-order valence-corrected chi connectivity index (χ3v) is 7.21. The minimum Gasteiger partial charge on any atom is -0.493 e. The quantitative estimate of drug-likeness (QED) is 0.622. The van der Waals surface area contributed by atoms with E-state index in [4.69, 9.17) is 14.2 Å². The molecule has 7 heteroatoms. The Morgan fingerprint density at radius 2 is 1.81 bits per heavy atom. The van der Waals surface area contributed by atoms with E-state index in [1.165, 1.54) is 31.5 Å². The van der Waals surface area contributed by atoms with E-state index >= 15 is 0 Å². The number of hydrogen-bond donors (Lipinski definition) is 1.